The van der Waals surface area contributed by atoms with Gasteiger partial charge in [-0.25, -0.2) is 9.37 Å². The Morgan fingerprint density at radius 2 is 2.08 bits per heavy atom. The third-order valence-corrected chi connectivity index (χ3v) is 5.17. The van der Waals surface area contributed by atoms with Crippen LogP contribution in [0.1, 0.15) is 25.3 Å². The smallest absolute Gasteiger partial charge is 0.228 e. The maximum absolute atomic E-state index is 14.6. The van der Waals surface area contributed by atoms with Gasteiger partial charge in [0.2, 0.25) is 5.91 Å². The van der Waals surface area contributed by atoms with Crippen molar-refractivity contribution < 1.29 is 9.18 Å². The Labute approximate surface area is 151 Å². The number of anilines is 1. The maximum atomic E-state index is 14.6. The number of aromatic nitrogens is 2. The van der Waals surface area contributed by atoms with Gasteiger partial charge in [-0.15, -0.1) is 0 Å². The summed E-state index contributed by atoms with van der Waals surface area (Å²) in [5.74, 6) is 0.804. The molecule has 132 valence electrons. The molecule has 0 spiro atoms. The highest BCUT2D eigenvalue weighted by Crippen LogP contribution is 2.41. The number of halogens is 1. The molecule has 3 aromatic rings. The summed E-state index contributed by atoms with van der Waals surface area (Å²) in [6.45, 7) is 4.03. The summed E-state index contributed by atoms with van der Waals surface area (Å²) in [6.07, 6.45) is 6.93. The van der Waals surface area contributed by atoms with Gasteiger partial charge in [0.1, 0.15) is 11.6 Å². The molecule has 1 aromatic carbocycles. The van der Waals surface area contributed by atoms with Crippen molar-refractivity contribution >= 4 is 22.5 Å². The summed E-state index contributed by atoms with van der Waals surface area (Å²) in [7, 11) is 0. The largest absolute Gasteiger partial charge is 0.310 e. The Morgan fingerprint density at radius 1 is 1.23 bits per heavy atom. The van der Waals surface area contributed by atoms with Crippen LogP contribution in [0.4, 0.5) is 10.2 Å². The lowest BCUT2D eigenvalue weighted by molar-refractivity contribution is -0.117. The van der Waals surface area contributed by atoms with Gasteiger partial charge in [0.25, 0.3) is 0 Å². The Balaban J connectivity index is 1.68. The van der Waals surface area contributed by atoms with Crippen LogP contribution in [0.5, 0.6) is 0 Å². The minimum absolute atomic E-state index is 0.0224. The Bertz CT molecular complexity index is 1000. The van der Waals surface area contributed by atoms with Crippen molar-refractivity contribution in [1.29, 1.82) is 0 Å². The lowest BCUT2D eigenvalue weighted by atomic mass is 9.99. The van der Waals surface area contributed by atoms with Crippen LogP contribution in [0.3, 0.4) is 0 Å². The predicted molar refractivity (Wildman–Crippen MR) is 100 cm³/mol. The van der Waals surface area contributed by atoms with E-state index in [0.29, 0.717) is 22.7 Å². The molecule has 4 rings (SSSR count). The molecule has 0 aliphatic heterocycles. The van der Waals surface area contributed by atoms with Gasteiger partial charge in [-0.2, -0.15) is 0 Å². The van der Waals surface area contributed by atoms with E-state index in [0.717, 1.165) is 29.4 Å². The maximum Gasteiger partial charge on any atom is 0.228 e. The molecule has 1 fully saturated rings. The Kier molecular flexibility index (Phi) is 4.15. The fraction of sp³-hybridized carbons (Fsp3) is 0.286. The average molecular weight is 349 g/mol. The first-order valence-corrected chi connectivity index (χ1v) is 8.88. The number of pyridine rings is 2. The molecule has 1 N–H and O–H groups in total. The van der Waals surface area contributed by atoms with E-state index in [1.165, 1.54) is 6.07 Å². The minimum atomic E-state index is -0.309. The number of carbonyl (C=O) groups is 1. The second kappa shape index (κ2) is 6.48. The lowest BCUT2D eigenvalue weighted by Gasteiger charge is -2.10. The highest BCUT2D eigenvalue weighted by molar-refractivity contribution is 5.96. The number of nitrogens with zero attached hydrogens (tertiary/aromatic N) is 2. The zero-order valence-electron chi connectivity index (χ0n) is 14.8. The van der Waals surface area contributed by atoms with E-state index in [2.05, 4.69) is 22.2 Å². The topological polar surface area (TPSA) is 54.9 Å². The molecule has 2 aromatic heterocycles. The van der Waals surface area contributed by atoms with Gasteiger partial charge in [0.15, 0.2) is 0 Å². The lowest BCUT2D eigenvalue weighted by Crippen LogP contribution is -2.15. The van der Waals surface area contributed by atoms with Crippen LogP contribution in [0.2, 0.25) is 0 Å². The summed E-state index contributed by atoms with van der Waals surface area (Å²) in [5.41, 5.74) is 2.22. The number of fused-ring (bicyclic) bond motifs is 1. The van der Waals surface area contributed by atoms with Crippen molar-refractivity contribution in [3.63, 3.8) is 0 Å². The monoisotopic (exact) mass is 349 g/mol. The molecule has 1 saturated carbocycles. The van der Waals surface area contributed by atoms with Crippen molar-refractivity contribution in [1.82, 2.24) is 9.97 Å². The predicted octanol–water partition coefficient (Wildman–Crippen LogP) is 4.73. The number of hydrogen-bond donors (Lipinski definition) is 1. The number of carbonyl (C=O) groups excluding carboxylic acids is 1. The highest BCUT2D eigenvalue weighted by atomic mass is 19.1. The van der Waals surface area contributed by atoms with E-state index in [-0.39, 0.29) is 17.6 Å². The van der Waals surface area contributed by atoms with E-state index in [4.69, 9.17) is 0 Å². The van der Waals surface area contributed by atoms with Gasteiger partial charge in [0.05, 0.1) is 0 Å². The summed E-state index contributed by atoms with van der Waals surface area (Å²) in [4.78, 5) is 20.6. The van der Waals surface area contributed by atoms with Crippen molar-refractivity contribution in [2.24, 2.45) is 11.8 Å². The fourth-order valence-electron chi connectivity index (χ4n) is 3.43. The molecular weight excluding hydrogens is 329 g/mol. The zero-order chi connectivity index (χ0) is 18.3. The molecule has 0 saturated heterocycles. The van der Waals surface area contributed by atoms with Gasteiger partial charge >= 0.3 is 0 Å². The SMILES string of the molecule is CCC1C[C@H]1C(=O)Nc1cc2cc(-c3cnccc3C)c(F)cc2cn1. The van der Waals surface area contributed by atoms with Crippen LogP contribution in [0.25, 0.3) is 21.9 Å². The first-order chi connectivity index (χ1) is 12.6. The van der Waals surface area contributed by atoms with Crippen LogP contribution in [-0.4, -0.2) is 15.9 Å². The third-order valence-electron chi connectivity index (χ3n) is 5.17. The molecule has 5 heteroatoms. The quantitative estimate of drug-likeness (QED) is 0.741. The van der Waals surface area contributed by atoms with Crippen LogP contribution in [-0.2, 0) is 4.79 Å². The molecule has 0 radical (unpaired) electrons. The Hall–Kier alpha value is -2.82. The second-order valence-electron chi connectivity index (χ2n) is 6.94. The van der Waals surface area contributed by atoms with Gasteiger partial charge in [-0.3, -0.25) is 9.78 Å². The van der Waals surface area contributed by atoms with E-state index < -0.39 is 0 Å². The number of aryl methyl sites for hydroxylation is 1. The molecule has 4 nitrogen and oxygen atoms in total. The van der Waals surface area contributed by atoms with Crippen molar-refractivity contribution in [3.8, 4) is 11.1 Å². The summed E-state index contributed by atoms with van der Waals surface area (Å²) < 4.78 is 14.6. The van der Waals surface area contributed by atoms with Gasteiger partial charge in [0, 0.05) is 41.0 Å². The van der Waals surface area contributed by atoms with Crippen molar-refractivity contribution in [3.05, 3.63) is 54.2 Å². The molecule has 1 aliphatic carbocycles. The molecule has 0 bridgehead atoms. The third kappa shape index (κ3) is 3.05. The van der Waals surface area contributed by atoms with E-state index in [1.54, 1.807) is 30.7 Å². The molecular formula is C21H20FN3O. The molecule has 1 aliphatic rings. The molecule has 1 unspecified atom stereocenters. The number of hydrogen-bond acceptors (Lipinski definition) is 3. The number of nitrogens with one attached hydrogen (secondary N) is 1. The summed E-state index contributed by atoms with van der Waals surface area (Å²) in [5, 5.41) is 4.42. The van der Waals surface area contributed by atoms with E-state index >= 15 is 0 Å². The van der Waals surface area contributed by atoms with Crippen LogP contribution < -0.4 is 5.32 Å². The number of rotatable bonds is 4. The fourth-order valence-corrected chi connectivity index (χ4v) is 3.43. The summed E-state index contributed by atoms with van der Waals surface area (Å²) in [6, 6.07) is 6.92. The first-order valence-electron chi connectivity index (χ1n) is 8.88. The van der Waals surface area contributed by atoms with E-state index in [1.807, 2.05) is 13.0 Å². The minimum Gasteiger partial charge on any atom is -0.310 e. The standard InChI is InChI=1S/C21H20FN3O/c1-3-13-6-16(13)21(26)25-20-9-14-7-17(18-11-23-5-4-12(18)2)19(22)8-15(14)10-24-20/h4-5,7-11,13,16H,3,6H2,1-2H3,(H,24,25,26)/t13?,16-/m1/s1. The summed E-state index contributed by atoms with van der Waals surface area (Å²) >= 11 is 0. The van der Waals surface area contributed by atoms with Crippen LogP contribution >= 0.6 is 0 Å². The van der Waals surface area contributed by atoms with Gasteiger partial charge in [-0.05, 0) is 54.5 Å². The molecule has 1 amide bonds. The highest BCUT2D eigenvalue weighted by Gasteiger charge is 2.41. The molecule has 2 atom stereocenters. The average Bonchev–Trinajstić information content (AvgIpc) is 3.42. The second-order valence-corrected chi connectivity index (χ2v) is 6.94. The molecule has 26 heavy (non-hydrogen) atoms. The number of benzene rings is 1. The Morgan fingerprint density at radius 3 is 2.81 bits per heavy atom. The van der Waals surface area contributed by atoms with Crippen LogP contribution in [0, 0.1) is 24.6 Å². The van der Waals surface area contributed by atoms with Crippen LogP contribution in [0.15, 0.2) is 42.9 Å². The first kappa shape index (κ1) is 16.6. The van der Waals surface area contributed by atoms with Gasteiger partial charge < -0.3 is 5.32 Å². The van der Waals surface area contributed by atoms with Crippen molar-refractivity contribution in [2.75, 3.05) is 5.32 Å². The zero-order valence-corrected chi connectivity index (χ0v) is 14.8. The molecule has 2 heterocycles. The van der Waals surface area contributed by atoms with E-state index in [9.17, 15) is 9.18 Å². The normalized spacial score (nSPS) is 18.7. The number of amides is 1. The van der Waals surface area contributed by atoms with Crippen molar-refractivity contribution in [2.45, 2.75) is 26.7 Å². The van der Waals surface area contributed by atoms with Gasteiger partial charge in [-0.1, -0.05) is 13.3 Å².